The van der Waals surface area contributed by atoms with Crippen molar-refractivity contribution in [3.05, 3.63) is 25.3 Å². The molecule has 0 saturated heterocycles. The Morgan fingerprint density at radius 1 is 0.800 bits per heavy atom. The summed E-state index contributed by atoms with van der Waals surface area (Å²) in [7, 11) is 0. The molecule has 0 aliphatic carbocycles. The molecule has 15 heavy (non-hydrogen) atoms. The minimum Gasteiger partial charge on any atom is -0.396 e. The summed E-state index contributed by atoms with van der Waals surface area (Å²) < 4.78 is 4.90. The van der Waals surface area contributed by atoms with Gasteiger partial charge in [0.25, 0.3) is 0 Å². The highest BCUT2D eigenvalue weighted by Gasteiger charge is 1.84. The lowest BCUT2D eigenvalue weighted by atomic mass is 10.2. The van der Waals surface area contributed by atoms with Crippen LogP contribution in [0.15, 0.2) is 25.3 Å². The summed E-state index contributed by atoms with van der Waals surface area (Å²) in [6.45, 7) is 8.75. The maximum absolute atomic E-state index is 8.30. The van der Waals surface area contributed by atoms with E-state index in [1.54, 1.807) is 12.2 Å². The molecule has 0 rings (SSSR count). The van der Waals surface area contributed by atoms with Crippen LogP contribution >= 0.6 is 0 Å². The SMILES string of the molecule is C=CCOCC=C.OCCCCCCO. The normalized spacial score (nSPS) is 8.93. The van der Waals surface area contributed by atoms with Crippen LogP contribution in [-0.2, 0) is 4.74 Å². The largest absolute Gasteiger partial charge is 0.396 e. The molecule has 0 aromatic rings. The molecule has 0 spiro atoms. The Hall–Kier alpha value is -0.640. The van der Waals surface area contributed by atoms with Crippen LogP contribution in [0.1, 0.15) is 25.7 Å². The Bertz CT molecular complexity index is 110. The highest BCUT2D eigenvalue weighted by molar-refractivity contribution is 4.68. The van der Waals surface area contributed by atoms with E-state index in [1.807, 2.05) is 0 Å². The van der Waals surface area contributed by atoms with Gasteiger partial charge in [-0.3, -0.25) is 0 Å². The third-order valence-corrected chi connectivity index (χ3v) is 1.54. The minimum absolute atomic E-state index is 0.283. The second-order valence-electron chi connectivity index (χ2n) is 2.98. The molecule has 0 heterocycles. The van der Waals surface area contributed by atoms with Crippen molar-refractivity contribution in [2.24, 2.45) is 0 Å². The molecule has 0 bridgehead atoms. The van der Waals surface area contributed by atoms with E-state index >= 15 is 0 Å². The van der Waals surface area contributed by atoms with Gasteiger partial charge < -0.3 is 14.9 Å². The highest BCUT2D eigenvalue weighted by atomic mass is 16.5. The number of ether oxygens (including phenoxy) is 1. The fourth-order valence-electron chi connectivity index (χ4n) is 0.812. The predicted octanol–water partition coefficient (Wildman–Crippen LogP) is 1.91. The molecule has 0 atom stereocenters. The summed E-state index contributed by atoms with van der Waals surface area (Å²) in [4.78, 5) is 0. The van der Waals surface area contributed by atoms with Crippen LogP contribution in [-0.4, -0.2) is 36.6 Å². The molecule has 0 aromatic carbocycles. The molecule has 0 aromatic heterocycles. The van der Waals surface area contributed by atoms with E-state index in [2.05, 4.69) is 13.2 Å². The fourth-order valence-corrected chi connectivity index (χ4v) is 0.812. The van der Waals surface area contributed by atoms with E-state index in [0.717, 1.165) is 25.7 Å². The number of unbranched alkanes of at least 4 members (excludes halogenated alkanes) is 3. The van der Waals surface area contributed by atoms with Gasteiger partial charge in [-0.25, -0.2) is 0 Å². The van der Waals surface area contributed by atoms with Crippen molar-refractivity contribution in [2.75, 3.05) is 26.4 Å². The monoisotopic (exact) mass is 216 g/mol. The van der Waals surface area contributed by atoms with Gasteiger partial charge in [0.15, 0.2) is 0 Å². The summed E-state index contributed by atoms with van der Waals surface area (Å²) in [5.74, 6) is 0. The van der Waals surface area contributed by atoms with Crippen LogP contribution in [0.2, 0.25) is 0 Å². The third-order valence-electron chi connectivity index (χ3n) is 1.54. The van der Waals surface area contributed by atoms with E-state index < -0.39 is 0 Å². The van der Waals surface area contributed by atoms with Crippen molar-refractivity contribution < 1.29 is 14.9 Å². The molecular weight excluding hydrogens is 192 g/mol. The Labute approximate surface area is 93.1 Å². The van der Waals surface area contributed by atoms with Crippen molar-refractivity contribution >= 4 is 0 Å². The Morgan fingerprint density at radius 3 is 1.47 bits per heavy atom. The van der Waals surface area contributed by atoms with Gasteiger partial charge in [-0.05, 0) is 12.8 Å². The van der Waals surface area contributed by atoms with E-state index in [0.29, 0.717) is 13.2 Å². The highest BCUT2D eigenvalue weighted by Crippen LogP contribution is 1.96. The zero-order chi connectivity index (χ0) is 11.8. The van der Waals surface area contributed by atoms with Gasteiger partial charge in [-0.2, -0.15) is 0 Å². The first-order chi connectivity index (χ1) is 7.33. The first-order valence-electron chi connectivity index (χ1n) is 5.34. The second-order valence-corrected chi connectivity index (χ2v) is 2.98. The van der Waals surface area contributed by atoms with Crippen LogP contribution < -0.4 is 0 Å². The predicted molar refractivity (Wildman–Crippen MR) is 63.9 cm³/mol. The summed E-state index contributed by atoms with van der Waals surface area (Å²) in [5.41, 5.74) is 0. The lowest BCUT2D eigenvalue weighted by Gasteiger charge is -1.93. The standard InChI is InChI=1S/C6H14O2.C6H10O/c7-5-3-1-2-4-6-8;1-3-5-7-6-4-2/h7-8H,1-6H2;3-4H,1-2,5-6H2. The summed E-state index contributed by atoms with van der Waals surface area (Å²) in [6, 6.07) is 0. The number of aliphatic hydroxyl groups is 2. The second kappa shape index (κ2) is 19.0. The van der Waals surface area contributed by atoms with E-state index in [1.165, 1.54) is 0 Å². The van der Waals surface area contributed by atoms with Crippen LogP contribution in [0.25, 0.3) is 0 Å². The van der Waals surface area contributed by atoms with Crippen molar-refractivity contribution in [3.63, 3.8) is 0 Å². The Balaban J connectivity index is 0. The zero-order valence-corrected chi connectivity index (χ0v) is 9.53. The first-order valence-corrected chi connectivity index (χ1v) is 5.34. The van der Waals surface area contributed by atoms with Gasteiger partial charge in [0.2, 0.25) is 0 Å². The number of rotatable bonds is 9. The zero-order valence-electron chi connectivity index (χ0n) is 9.53. The average Bonchev–Trinajstić information content (AvgIpc) is 2.26. The molecule has 2 N–H and O–H groups in total. The molecule has 3 nitrogen and oxygen atoms in total. The Morgan fingerprint density at radius 2 is 1.20 bits per heavy atom. The number of aliphatic hydroxyl groups excluding tert-OH is 2. The van der Waals surface area contributed by atoms with Crippen molar-refractivity contribution in [1.82, 2.24) is 0 Å². The van der Waals surface area contributed by atoms with E-state index in [9.17, 15) is 0 Å². The molecule has 0 saturated carbocycles. The average molecular weight is 216 g/mol. The summed E-state index contributed by atoms with van der Waals surface area (Å²) in [5, 5.41) is 16.6. The molecule has 90 valence electrons. The molecule has 0 fully saturated rings. The third kappa shape index (κ3) is 24.7. The molecule has 3 heteroatoms. The first kappa shape index (κ1) is 16.8. The molecular formula is C12H24O3. The summed E-state index contributed by atoms with van der Waals surface area (Å²) in [6.07, 6.45) is 7.25. The topological polar surface area (TPSA) is 49.7 Å². The van der Waals surface area contributed by atoms with Gasteiger partial charge in [0.05, 0.1) is 13.2 Å². The molecule has 0 unspecified atom stereocenters. The van der Waals surface area contributed by atoms with Crippen molar-refractivity contribution in [1.29, 1.82) is 0 Å². The van der Waals surface area contributed by atoms with E-state index in [4.69, 9.17) is 14.9 Å². The van der Waals surface area contributed by atoms with Crippen LogP contribution in [0.5, 0.6) is 0 Å². The van der Waals surface area contributed by atoms with E-state index in [-0.39, 0.29) is 13.2 Å². The van der Waals surface area contributed by atoms with Crippen LogP contribution in [0, 0.1) is 0 Å². The lowest BCUT2D eigenvalue weighted by Crippen LogP contribution is -1.87. The van der Waals surface area contributed by atoms with Gasteiger partial charge in [-0.15, -0.1) is 13.2 Å². The van der Waals surface area contributed by atoms with Crippen molar-refractivity contribution in [2.45, 2.75) is 25.7 Å². The molecule has 0 radical (unpaired) electrons. The molecule has 0 aliphatic heterocycles. The van der Waals surface area contributed by atoms with Gasteiger partial charge in [0.1, 0.15) is 0 Å². The lowest BCUT2D eigenvalue weighted by molar-refractivity contribution is 0.194. The summed E-state index contributed by atoms with van der Waals surface area (Å²) >= 11 is 0. The number of hydrogen-bond donors (Lipinski definition) is 2. The Kier molecular flexibility index (Phi) is 21.3. The van der Waals surface area contributed by atoms with Gasteiger partial charge in [-0.1, -0.05) is 25.0 Å². The van der Waals surface area contributed by atoms with Crippen LogP contribution in [0.4, 0.5) is 0 Å². The minimum atomic E-state index is 0.283. The quantitative estimate of drug-likeness (QED) is 0.457. The number of hydrogen-bond acceptors (Lipinski definition) is 3. The molecule has 0 aliphatic rings. The van der Waals surface area contributed by atoms with Crippen molar-refractivity contribution in [3.8, 4) is 0 Å². The van der Waals surface area contributed by atoms with Gasteiger partial charge >= 0.3 is 0 Å². The fraction of sp³-hybridized carbons (Fsp3) is 0.667. The smallest absolute Gasteiger partial charge is 0.0649 e. The molecule has 0 amide bonds. The van der Waals surface area contributed by atoms with Gasteiger partial charge in [0, 0.05) is 13.2 Å². The maximum Gasteiger partial charge on any atom is 0.0649 e. The van der Waals surface area contributed by atoms with Crippen LogP contribution in [0.3, 0.4) is 0 Å². The maximum atomic E-state index is 8.30.